The van der Waals surface area contributed by atoms with E-state index in [9.17, 15) is 23.3 Å². The third kappa shape index (κ3) is 6.18. The molecule has 0 unspecified atom stereocenters. The number of nitro groups is 1. The fraction of sp³-hybridized carbons (Fsp3) is 0.167. The number of nitro benzene ring substituents is 1. The number of anilines is 1. The van der Waals surface area contributed by atoms with Crippen molar-refractivity contribution in [3.05, 3.63) is 93.0 Å². The van der Waals surface area contributed by atoms with Gasteiger partial charge in [-0.3, -0.25) is 19.2 Å². The molecule has 0 saturated carbocycles. The number of benzene rings is 3. The summed E-state index contributed by atoms with van der Waals surface area (Å²) in [7, 11) is -2.73. The highest BCUT2D eigenvalue weighted by Gasteiger charge is 2.28. The number of hydrazone groups is 1. The van der Waals surface area contributed by atoms with Gasteiger partial charge in [-0.1, -0.05) is 41.4 Å². The molecule has 3 aromatic rings. The first kappa shape index (κ1) is 26.6. The summed E-state index contributed by atoms with van der Waals surface area (Å²) < 4.78 is 33.0. The van der Waals surface area contributed by atoms with Crippen molar-refractivity contribution in [2.24, 2.45) is 5.10 Å². The molecule has 0 aliphatic carbocycles. The Bertz CT molecular complexity index is 1420. The van der Waals surface area contributed by atoms with Crippen LogP contribution < -0.4 is 14.5 Å². The monoisotopic (exact) mass is 530 g/mol. The molecule has 36 heavy (non-hydrogen) atoms. The van der Waals surface area contributed by atoms with E-state index in [1.807, 2.05) is 6.92 Å². The number of ether oxygens (including phenoxy) is 1. The van der Waals surface area contributed by atoms with Crippen molar-refractivity contribution in [3.63, 3.8) is 0 Å². The molecule has 0 aliphatic rings. The molecule has 0 aromatic heterocycles. The second kappa shape index (κ2) is 11.2. The lowest BCUT2D eigenvalue weighted by Gasteiger charge is -2.24. The molecule has 0 atom stereocenters. The maximum absolute atomic E-state index is 13.5. The molecule has 0 heterocycles. The lowest BCUT2D eigenvalue weighted by molar-refractivity contribution is -0.384. The summed E-state index contributed by atoms with van der Waals surface area (Å²) in [4.78, 5) is 23.2. The van der Waals surface area contributed by atoms with Gasteiger partial charge >= 0.3 is 0 Å². The van der Waals surface area contributed by atoms with Gasteiger partial charge in [0.15, 0.2) is 0 Å². The zero-order valence-corrected chi connectivity index (χ0v) is 21.2. The van der Waals surface area contributed by atoms with Crippen molar-refractivity contribution >= 4 is 44.6 Å². The van der Waals surface area contributed by atoms with Crippen LogP contribution in [0.4, 0.5) is 11.4 Å². The number of nitrogens with zero attached hydrogens (tertiary/aromatic N) is 3. The van der Waals surface area contributed by atoms with Crippen LogP contribution in [0.3, 0.4) is 0 Å². The van der Waals surface area contributed by atoms with Gasteiger partial charge in [0.2, 0.25) is 0 Å². The minimum Gasteiger partial charge on any atom is -0.495 e. The number of aryl methyl sites for hydroxylation is 1. The summed E-state index contributed by atoms with van der Waals surface area (Å²) in [6.07, 6.45) is 0. The largest absolute Gasteiger partial charge is 0.495 e. The lowest BCUT2D eigenvalue weighted by atomic mass is 10.1. The average molecular weight is 531 g/mol. The number of amides is 1. The van der Waals surface area contributed by atoms with Crippen molar-refractivity contribution < 1.29 is 22.9 Å². The standard InChI is InChI=1S/C24H23ClN4O6S/c1-16-7-10-21(11-8-16)36(33,34)28(19-9-12-23(35-3)22(25)14-19)15-24(30)27-26-17(2)18-5-4-6-20(13-18)29(31)32/h4-14H,15H2,1-3H3,(H,27,30)/b26-17-. The summed E-state index contributed by atoms with van der Waals surface area (Å²) in [5, 5.41) is 15.2. The molecular formula is C24H23ClN4O6S. The van der Waals surface area contributed by atoms with Crippen LogP contribution in [0.5, 0.6) is 5.75 Å². The van der Waals surface area contributed by atoms with Gasteiger partial charge in [-0.15, -0.1) is 0 Å². The van der Waals surface area contributed by atoms with Gasteiger partial charge in [0.25, 0.3) is 21.6 Å². The summed E-state index contributed by atoms with van der Waals surface area (Å²) in [5.41, 5.74) is 3.94. The number of rotatable bonds is 9. The van der Waals surface area contributed by atoms with Crippen molar-refractivity contribution in [1.82, 2.24) is 5.43 Å². The van der Waals surface area contributed by atoms with Crippen molar-refractivity contribution in [2.75, 3.05) is 18.0 Å². The number of hydrogen-bond donors (Lipinski definition) is 1. The Morgan fingerprint density at radius 1 is 1.14 bits per heavy atom. The Labute approximate surface area is 213 Å². The number of sulfonamides is 1. The van der Waals surface area contributed by atoms with Crippen LogP contribution in [0.25, 0.3) is 0 Å². The van der Waals surface area contributed by atoms with E-state index >= 15 is 0 Å². The van der Waals surface area contributed by atoms with E-state index in [0.29, 0.717) is 17.0 Å². The maximum atomic E-state index is 13.5. The highest BCUT2D eigenvalue weighted by molar-refractivity contribution is 7.92. The van der Waals surface area contributed by atoms with E-state index in [-0.39, 0.29) is 21.3 Å². The van der Waals surface area contributed by atoms with Crippen LogP contribution in [0.15, 0.2) is 76.7 Å². The minimum absolute atomic E-state index is 0.0101. The van der Waals surface area contributed by atoms with Crippen LogP contribution in [-0.4, -0.2) is 38.6 Å². The van der Waals surface area contributed by atoms with Crippen LogP contribution >= 0.6 is 11.6 Å². The summed E-state index contributed by atoms with van der Waals surface area (Å²) in [6.45, 7) is 2.78. The van der Waals surface area contributed by atoms with E-state index in [1.165, 1.54) is 55.6 Å². The van der Waals surface area contributed by atoms with Crippen molar-refractivity contribution in [3.8, 4) is 5.75 Å². The van der Waals surface area contributed by atoms with Gasteiger partial charge in [-0.25, -0.2) is 13.8 Å². The highest BCUT2D eigenvalue weighted by atomic mass is 35.5. The SMILES string of the molecule is COc1ccc(N(CC(=O)N/N=C(/C)c2cccc([N+](=O)[O-])c2)S(=O)(=O)c2ccc(C)cc2)cc1Cl. The second-order valence-electron chi connectivity index (χ2n) is 7.68. The Morgan fingerprint density at radius 2 is 1.83 bits per heavy atom. The predicted octanol–water partition coefficient (Wildman–Crippen LogP) is 4.30. The summed E-state index contributed by atoms with van der Waals surface area (Å²) >= 11 is 6.22. The van der Waals surface area contributed by atoms with Crippen molar-refractivity contribution in [2.45, 2.75) is 18.7 Å². The van der Waals surface area contributed by atoms with E-state index in [0.717, 1.165) is 9.87 Å². The van der Waals surface area contributed by atoms with Gasteiger partial charge < -0.3 is 4.74 Å². The average Bonchev–Trinajstić information content (AvgIpc) is 2.86. The Balaban J connectivity index is 1.91. The van der Waals surface area contributed by atoms with Crippen LogP contribution in [0.1, 0.15) is 18.1 Å². The molecule has 0 bridgehead atoms. The lowest BCUT2D eigenvalue weighted by Crippen LogP contribution is -2.39. The molecule has 3 aromatic carbocycles. The number of nitrogens with one attached hydrogen (secondary N) is 1. The van der Waals surface area contributed by atoms with Crippen LogP contribution in [0, 0.1) is 17.0 Å². The molecule has 1 N–H and O–H groups in total. The Kier molecular flexibility index (Phi) is 8.28. The van der Waals surface area contributed by atoms with Gasteiger partial charge in [0, 0.05) is 17.7 Å². The predicted molar refractivity (Wildman–Crippen MR) is 137 cm³/mol. The first-order valence-electron chi connectivity index (χ1n) is 10.5. The number of hydrogen-bond acceptors (Lipinski definition) is 7. The summed E-state index contributed by atoms with van der Waals surface area (Å²) in [5.74, 6) is -0.392. The molecule has 0 fully saturated rings. The third-order valence-corrected chi connectivity index (χ3v) is 7.23. The fourth-order valence-corrected chi connectivity index (χ4v) is 4.85. The number of non-ortho nitro benzene ring substituents is 1. The molecule has 0 spiro atoms. The molecule has 0 radical (unpaired) electrons. The first-order chi connectivity index (χ1) is 17.0. The highest BCUT2D eigenvalue weighted by Crippen LogP contribution is 2.32. The van der Waals surface area contributed by atoms with E-state index in [1.54, 1.807) is 25.1 Å². The normalized spacial score (nSPS) is 11.6. The van der Waals surface area contributed by atoms with Crippen LogP contribution in [-0.2, 0) is 14.8 Å². The molecule has 0 saturated heterocycles. The van der Waals surface area contributed by atoms with E-state index < -0.39 is 27.4 Å². The van der Waals surface area contributed by atoms with Gasteiger partial charge in [0.1, 0.15) is 12.3 Å². The van der Waals surface area contributed by atoms with Crippen LogP contribution in [0.2, 0.25) is 5.02 Å². The molecule has 3 rings (SSSR count). The second-order valence-corrected chi connectivity index (χ2v) is 9.95. The number of halogens is 1. The smallest absolute Gasteiger partial charge is 0.270 e. The molecule has 1 amide bonds. The topological polar surface area (TPSA) is 131 Å². The number of carbonyl (C=O) groups excluding carboxylic acids is 1. The van der Waals surface area contributed by atoms with E-state index in [2.05, 4.69) is 10.5 Å². The molecule has 10 nitrogen and oxygen atoms in total. The number of methoxy groups -OCH3 is 1. The quantitative estimate of drug-likeness (QED) is 0.249. The zero-order chi connectivity index (χ0) is 26.5. The maximum Gasteiger partial charge on any atom is 0.270 e. The van der Waals surface area contributed by atoms with Gasteiger partial charge in [0.05, 0.1) is 33.4 Å². The fourth-order valence-electron chi connectivity index (χ4n) is 3.18. The minimum atomic E-state index is -4.16. The molecule has 0 aliphatic heterocycles. The molecular weight excluding hydrogens is 508 g/mol. The Morgan fingerprint density at radius 3 is 2.44 bits per heavy atom. The third-order valence-electron chi connectivity index (χ3n) is 5.14. The van der Waals surface area contributed by atoms with Gasteiger partial charge in [-0.2, -0.15) is 5.10 Å². The Hall–Kier alpha value is -3.96. The zero-order valence-electron chi connectivity index (χ0n) is 19.6. The first-order valence-corrected chi connectivity index (χ1v) is 12.4. The molecule has 12 heteroatoms. The van der Waals surface area contributed by atoms with E-state index in [4.69, 9.17) is 16.3 Å². The summed E-state index contributed by atoms with van der Waals surface area (Å²) in [6, 6.07) is 16.3. The van der Waals surface area contributed by atoms with Crippen molar-refractivity contribution in [1.29, 1.82) is 0 Å². The number of carbonyl (C=O) groups is 1. The van der Waals surface area contributed by atoms with Gasteiger partial charge in [-0.05, 0) is 44.2 Å². The molecule has 188 valence electrons.